The number of hydrogen-bond donors (Lipinski definition) is 2. The fraction of sp³-hybridized carbons (Fsp3) is 0.619. The molecular formula is C21H25ClF2N6O2S. The Morgan fingerprint density at radius 1 is 1.18 bits per heavy atom. The minimum absolute atomic E-state index is 0.0364. The van der Waals surface area contributed by atoms with E-state index in [4.69, 9.17) is 11.6 Å². The SMILES string of the molecule is O=[S@@]1c2c(nc(N3CCCC(c4ncc(Cl)cn4)CC3)nc2NC2(CO)CCC2)CC1(F)F. The molecule has 1 saturated heterocycles. The van der Waals surface area contributed by atoms with Gasteiger partial charge in [-0.2, -0.15) is 13.8 Å². The molecule has 178 valence electrons. The summed E-state index contributed by atoms with van der Waals surface area (Å²) in [6.07, 6.45) is 7.30. The highest BCUT2D eigenvalue weighted by Crippen LogP contribution is 2.44. The van der Waals surface area contributed by atoms with Crippen molar-refractivity contribution in [3.63, 3.8) is 0 Å². The zero-order chi connectivity index (χ0) is 23.2. The molecule has 2 atom stereocenters. The maximum absolute atomic E-state index is 14.3. The standard InChI is InChI=1S/C21H25ClF2N6O2S/c22-14-10-25-17(26-11-14)13-3-1-7-30(8-4-13)19-27-15-9-21(23,24)33(32)16(15)18(28-19)29-20(12-31)5-2-6-20/h10-11,13,31H,1-9,12H2,(H,27,28,29)/t13?,33-/m1/s1. The highest BCUT2D eigenvalue weighted by Gasteiger charge is 2.50. The Hall–Kier alpha value is -1.98. The molecule has 3 aliphatic rings. The third kappa shape index (κ3) is 4.30. The van der Waals surface area contributed by atoms with Crippen LogP contribution in [0.25, 0.3) is 0 Å². The van der Waals surface area contributed by atoms with E-state index in [2.05, 4.69) is 25.3 Å². The Bertz CT molecular complexity index is 1060. The van der Waals surface area contributed by atoms with Crippen molar-refractivity contribution in [3.05, 3.63) is 28.9 Å². The van der Waals surface area contributed by atoms with E-state index in [1.807, 2.05) is 4.90 Å². The number of fused-ring (bicyclic) bond motifs is 1. The quantitative estimate of drug-likeness (QED) is 0.647. The van der Waals surface area contributed by atoms with Gasteiger partial charge in [-0.3, -0.25) is 0 Å². The minimum Gasteiger partial charge on any atom is -0.394 e. The first-order valence-corrected chi connectivity index (χ1v) is 12.7. The number of alkyl halides is 2. The van der Waals surface area contributed by atoms with Crippen LogP contribution in [0.2, 0.25) is 5.02 Å². The summed E-state index contributed by atoms with van der Waals surface area (Å²) in [6, 6.07) is 0. The predicted molar refractivity (Wildman–Crippen MR) is 120 cm³/mol. The fourth-order valence-electron chi connectivity index (χ4n) is 4.70. The summed E-state index contributed by atoms with van der Waals surface area (Å²) in [5, 5.41) is 10.1. The van der Waals surface area contributed by atoms with Gasteiger partial charge in [0, 0.05) is 31.4 Å². The summed E-state index contributed by atoms with van der Waals surface area (Å²) in [5.41, 5.74) is -0.503. The van der Waals surface area contributed by atoms with Gasteiger partial charge in [0.15, 0.2) is 0 Å². The fourth-order valence-corrected chi connectivity index (χ4v) is 5.97. The highest BCUT2D eigenvalue weighted by molar-refractivity contribution is 7.86. The van der Waals surface area contributed by atoms with Crippen molar-refractivity contribution in [3.8, 4) is 0 Å². The largest absolute Gasteiger partial charge is 0.394 e. The van der Waals surface area contributed by atoms with Gasteiger partial charge in [-0.15, -0.1) is 0 Å². The van der Waals surface area contributed by atoms with E-state index in [1.54, 1.807) is 12.4 Å². The van der Waals surface area contributed by atoms with Crippen molar-refractivity contribution in [1.82, 2.24) is 19.9 Å². The van der Waals surface area contributed by atoms with Crippen LogP contribution in [0.4, 0.5) is 20.5 Å². The zero-order valence-electron chi connectivity index (χ0n) is 17.9. The number of anilines is 2. The second-order valence-corrected chi connectivity index (χ2v) is 11.0. The first-order chi connectivity index (χ1) is 15.8. The van der Waals surface area contributed by atoms with Crippen molar-refractivity contribution >= 4 is 34.2 Å². The molecule has 2 aromatic rings. The predicted octanol–water partition coefficient (Wildman–Crippen LogP) is 3.28. The van der Waals surface area contributed by atoms with E-state index in [9.17, 15) is 18.1 Å². The van der Waals surface area contributed by atoms with E-state index < -0.39 is 28.0 Å². The van der Waals surface area contributed by atoms with Crippen molar-refractivity contribution in [2.75, 3.05) is 29.9 Å². The number of rotatable bonds is 5. The number of hydrogen-bond acceptors (Lipinski definition) is 8. The summed E-state index contributed by atoms with van der Waals surface area (Å²) in [5.74, 6) is 1.39. The smallest absolute Gasteiger partial charge is 0.331 e. The number of halogens is 3. The third-order valence-electron chi connectivity index (χ3n) is 6.77. The lowest BCUT2D eigenvalue weighted by Crippen LogP contribution is -2.48. The van der Waals surface area contributed by atoms with Crippen LogP contribution in [0.3, 0.4) is 0 Å². The number of aliphatic hydroxyl groups is 1. The van der Waals surface area contributed by atoms with Crippen LogP contribution < -0.4 is 10.2 Å². The van der Waals surface area contributed by atoms with E-state index in [0.717, 1.165) is 31.5 Å². The first-order valence-electron chi connectivity index (χ1n) is 11.1. The lowest BCUT2D eigenvalue weighted by atomic mass is 9.77. The maximum Gasteiger partial charge on any atom is 0.331 e. The molecule has 0 radical (unpaired) electrons. The van der Waals surface area contributed by atoms with Crippen LogP contribution in [0.1, 0.15) is 56.0 Å². The summed E-state index contributed by atoms with van der Waals surface area (Å²) in [4.78, 5) is 19.6. The maximum atomic E-state index is 14.3. The van der Waals surface area contributed by atoms with Crippen LogP contribution in [-0.4, -0.2) is 59.7 Å². The molecule has 1 saturated carbocycles. The van der Waals surface area contributed by atoms with Crippen molar-refractivity contribution < 1.29 is 18.1 Å². The molecule has 0 aromatic carbocycles. The molecule has 2 N–H and O–H groups in total. The van der Waals surface area contributed by atoms with Crippen molar-refractivity contribution in [2.45, 2.75) is 66.6 Å². The molecule has 1 aliphatic carbocycles. The van der Waals surface area contributed by atoms with Crippen LogP contribution in [0, 0.1) is 0 Å². The van der Waals surface area contributed by atoms with Crippen LogP contribution >= 0.6 is 11.6 Å². The second kappa shape index (κ2) is 8.66. The molecule has 2 aliphatic heterocycles. The van der Waals surface area contributed by atoms with E-state index in [1.165, 1.54) is 0 Å². The first kappa shape index (κ1) is 22.8. The number of aromatic nitrogens is 4. The van der Waals surface area contributed by atoms with Gasteiger partial charge in [-0.1, -0.05) is 11.6 Å². The highest BCUT2D eigenvalue weighted by atomic mass is 35.5. The van der Waals surface area contributed by atoms with Gasteiger partial charge in [-0.25, -0.2) is 19.2 Å². The van der Waals surface area contributed by atoms with E-state index >= 15 is 0 Å². The van der Waals surface area contributed by atoms with Crippen LogP contribution in [-0.2, 0) is 17.2 Å². The number of nitrogens with zero attached hydrogens (tertiary/aromatic N) is 5. The lowest BCUT2D eigenvalue weighted by Gasteiger charge is -2.41. The Balaban J connectivity index is 1.43. The van der Waals surface area contributed by atoms with Crippen LogP contribution in [0.5, 0.6) is 0 Å². The van der Waals surface area contributed by atoms with Gasteiger partial charge in [0.25, 0.3) is 0 Å². The molecule has 2 fully saturated rings. The number of nitrogens with one attached hydrogen (secondary N) is 1. The van der Waals surface area contributed by atoms with Gasteiger partial charge >= 0.3 is 5.25 Å². The molecule has 0 spiro atoms. The summed E-state index contributed by atoms with van der Waals surface area (Å²) in [6.45, 7) is 1.13. The molecule has 4 heterocycles. The summed E-state index contributed by atoms with van der Waals surface area (Å²) >= 11 is 5.90. The van der Waals surface area contributed by atoms with Gasteiger partial charge in [0.05, 0.1) is 29.3 Å². The molecule has 12 heteroatoms. The third-order valence-corrected chi connectivity index (χ3v) is 8.45. The van der Waals surface area contributed by atoms with E-state index in [-0.39, 0.29) is 28.9 Å². The summed E-state index contributed by atoms with van der Waals surface area (Å²) in [7, 11) is -2.53. The zero-order valence-corrected chi connectivity index (χ0v) is 19.5. The topological polar surface area (TPSA) is 104 Å². The second-order valence-electron chi connectivity index (χ2n) is 9.02. The average Bonchev–Trinajstić information content (AvgIpc) is 2.91. The molecule has 8 nitrogen and oxygen atoms in total. The Labute approximate surface area is 197 Å². The monoisotopic (exact) mass is 498 g/mol. The Morgan fingerprint density at radius 3 is 2.61 bits per heavy atom. The lowest BCUT2D eigenvalue weighted by molar-refractivity contribution is 0.104. The minimum atomic E-state index is -3.38. The molecule has 2 aromatic heterocycles. The van der Waals surface area contributed by atoms with Gasteiger partial charge < -0.3 is 15.3 Å². The number of aliphatic hydroxyl groups excluding tert-OH is 1. The Kier molecular flexibility index (Phi) is 5.98. The molecule has 0 amide bonds. The molecular weight excluding hydrogens is 474 g/mol. The molecule has 33 heavy (non-hydrogen) atoms. The molecule has 5 rings (SSSR count). The van der Waals surface area contributed by atoms with E-state index in [0.29, 0.717) is 36.9 Å². The van der Waals surface area contributed by atoms with Crippen molar-refractivity contribution in [1.29, 1.82) is 0 Å². The van der Waals surface area contributed by atoms with Crippen molar-refractivity contribution in [2.24, 2.45) is 0 Å². The van der Waals surface area contributed by atoms with Gasteiger partial charge in [-0.05, 0) is 38.5 Å². The van der Waals surface area contributed by atoms with Gasteiger partial charge in [0.2, 0.25) is 5.95 Å². The van der Waals surface area contributed by atoms with Crippen LogP contribution in [0.15, 0.2) is 17.3 Å². The van der Waals surface area contributed by atoms with Gasteiger partial charge in [0.1, 0.15) is 27.3 Å². The normalized spacial score (nSPS) is 25.8. The summed E-state index contributed by atoms with van der Waals surface area (Å²) < 4.78 is 41.2. The average molecular weight is 499 g/mol. The Morgan fingerprint density at radius 2 is 1.94 bits per heavy atom. The molecule has 0 bridgehead atoms. The molecule has 1 unspecified atom stereocenters.